The van der Waals surface area contributed by atoms with Crippen LogP contribution in [0.3, 0.4) is 0 Å². The molecule has 0 aromatic heterocycles. The fourth-order valence-electron chi connectivity index (χ4n) is 2.68. The third kappa shape index (κ3) is 3.22. The van der Waals surface area contributed by atoms with Gasteiger partial charge < -0.3 is 10.0 Å². The molecule has 100 valence electrons. The number of carbonyl (C=O) groups is 2. The highest BCUT2D eigenvalue weighted by molar-refractivity contribution is 5.85. The number of aliphatic carboxylic acids is 1. The highest BCUT2D eigenvalue weighted by atomic mass is 16.4. The Balaban J connectivity index is 2.74. The van der Waals surface area contributed by atoms with E-state index in [-0.39, 0.29) is 11.8 Å². The molecule has 1 aliphatic rings. The fourth-order valence-corrected chi connectivity index (χ4v) is 2.68. The quantitative estimate of drug-likeness (QED) is 0.803. The van der Waals surface area contributed by atoms with E-state index in [4.69, 9.17) is 10.4 Å². The molecule has 1 aliphatic carbocycles. The van der Waals surface area contributed by atoms with Crippen molar-refractivity contribution in [3.63, 3.8) is 0 Å². The van der Waals surface area contributed by atoms with Crippen molar-refractivity contribution in [3.8, 4) is 6.07 Å². The number of carboxylic acid groups (broad SMARTS) is 1. The molecular formula is C13H20N2O3. The summed E-state index contributed by atoms with van der Waals surface area (Å²) in [4.78, 5) is 25.1. The van der Waals surface area contributed by atoms with Crippen LogP contribution in [-0.4, -0.2) is 35.0 Å². The summed E-state index contributed by atoms with van der Waals surface area (Å²) in [5.41, 5.74) is 0. The van der Waals surface area contributed by atoms with Crippen LogP contribution in [0.15, 0.2) is 0 Å². The summed E-state index contributed by atoms with van der Waals surface area (Å²) in [6.45, 7) is 4.75. The van der Waals surface area contributed by atoms with Gasteiger partial charge in [-0.15, -0.1) is 0 Å². The van der Waals surface area contributed by atoms with Crippen LogP contribution in [-0.2, 0) is 9.59 Å². The van der Waals surface area contributed by atoms with E-state index in [0.717, 1.165) is 0 Å². The number of rotatable bonds is 5. The molecule has 1 rings (SSSR count). The molecule has 1 saturated carbocycles. The van der Waals surface area contributed by atoms with Crippen molar-refractivity contribution in [1.29, 1.82) is 5.26 Å². The number of carbonyl (C=O) groups excluding carboxylic acids is 1. The molecular weight excluding hydrogens is 232 g/mol. The third-order valence-corrected chi connectivity index (χ3v) is 3.62. The lowest BCUT2D eigenvalue weighted by Gasteiger charge is -2.25. The molecule has 1 amide bonds. The summed E-state index contributed by atoms with van der Waals surface area (Å²) in [7, 11) is 0. The van der Waals surface area contributed by atoms with Gasteiger partial charge in [0.15, 0.2) is 0 Å². The summed E-state index contributed by atoms with van der Waals surface area (Å²) in [5, 5.41) is 17.7. The summed E-state index contributed by atoms with van der Waals surface area (Å²) >= 11 is 0. The van der Waals surface area contributed by atoms with Gasteiger partial charge in [-0.1, -0.05) is 6.92 Å². The molecule has 3 unspecified atom stereocenters. The molecule has 0 radical (unpaired) electrons. The molecule has 18 heavy (non-hydrogen) atoms. The molecule has 5 heteroatoms. The number of carboxylic acids is 1. The lowest BCUT2D eigenvalue weighted by molar-refractivity contribution is -0.149. The van der Waals surface area contributed by atoms with E-state index >= 15 is 0 Å². The van der Waals surface area contributed by atoms with Gasteiger partial charge in [0.25, 0.3) is 0 Å². The molecule has 0 aromatic carbocycles. The molecule has 0 aromatic rings. The summed E-state index contributed by atoms with van der Waals surface area (Å²) in [6, 6.07) is 2.01. The summed E-state index contributed by atoms with van der Waals surface area (Å²) < 4.78 is 0. The van der Waals surface area contributed by atoms with Gasteiger partial charge in [0, 0.05) is 13.1 Å². The van der Waals surface area contributed by atoms with Gasteiger partial charge in [-0.2, -0.15) is 5.26 Å². The van der Waals surface area contributed by atoms with Crippen LogP contribution in [0.4, 0.5) is 0 Å². The van der Waals surface area contributed by atoms with E-state index in [1.807, 2.05) is 19.9 Å². The molecule has 1 N–H and O–H groups in total. The first-order valence-electron chi connectivity index (χ1n) is 6.39. The minimum atomic E-state index is -0.881. The Labute approximate surface area is 107 Å². The van der Waals surface area contributed by atoms with Gasteiger partial charge >= 0.3 is 5.97 Å². The molecule has 1 fully saturated rings. The normalized spacial score (nSPS) is 26.6. The third-order valence-electron chi connectivity index (χ3n) is 3.62. The van der Waals surface area contributed by atoms with Crippen LogP contribution >= 0.6 is 0 Å². The first-order chi connectivity index (χ1) is 8.51. The van der Waals surface area contributed by atoms with Crippen molar-refractivity contribution in [2.24, 2.45) is 17.8 Å². The second kappa shape index (κ2) is 6.39. The predicted molar refractivity (Wildman–Crippen MR) is 65.5 cm³/mol. The van der Waals surface area contributed by atoms with Crippen molar-refractivity contribution in [3.05, 3.63) is 0 Å². The average molecular weight is 252 g/mol. The number of nitriles is 1. The molecule has 5 nitrogen and oxygen atoms in total. The van der Waals surface area contributed by atoms with E-state index in [2.05, 4.69) is 0 Å². The maximum atomic E-state index is 12.3. The zero-order valence-electron chi connectivity index (χ0n) is 10.9. The molecule has 0 spiro atoms. The summed E-state index contributed by atoms with van der Waals surface area (Å²) in [5.74, 6) is -1.70. The van der Waals surface area contributed by atoms with Crippen molar-refractivity contribution in [2.75, 3.05) is 13.1 Å². The van der Waals surface area contributed by atoms with Gasteiger partial charge in [0.05, 0.1) is 24.3 Å². The van der Waals surface area contributed by atoms with E-state index in [9.17, 15) is 9.59 Å². The zero-order chi connectivity index (χ0) is 13.7. The predicted octanol–water partition coefficient (Wildman–Crippen LogP) is 1.50. The molecule has 0 aliphatic heterocycles. The van der Waals surface area contributed by atoms with Gasteiger partial charge in [-0.3, -0.25) is 9.59 Å². The Morgan fingerprint density at radius 2 is 2.00 bits per heavy atom. The first kappa shape index (κ1) is 14.5. The van der Waals surface area contributed by atoms with E-state index in [1.165, 1.54) is 0 Å². The van der Waals surface area contributed by atoms with Crippen LogP contribution < -0.4 is 0 Å². The van der Waals surface area contributed by atoms with Crippen LogP contribution in [0, 0.1) is 29.1 Å². The Hall–Kier alpha value is -1.57. The average Bonchev–Trinajstić information content (AvgIpc) is 2.72. The van der Waals surface area contributed by atoms with Gasteiger partial charge in [0.1, 0.15) is 0 Å². The highest BCUT2D eigenvalue weighted by Crippen LogP contribution is 2.37. The second-order valence-corrected chi connectivity index (χ2v) is 4.95. The minimum absolute atomic E-state index is 0.107. The number of amides is 1. The lowest BCUT2D eigenvalue weighted by atomic mass is 9.94. The second-order valence-electron chi connectivity index (χ2n) is 4.95. The summed E-state index contributed by atoms with van der Waals surface area (Å²) in [6.07, 6.45) is 1.50. The highest BCUT2D eigenvalue weighted by Gasteiger charge is 2.42. The van der Waals surface area contributed by atoms with Crippen LogP contribution in [0.1, 0.15) is 33.1 Å². The SMILES string of the molecule is CCN(CCC#N)C(=O)C1CC(C)CC1C(=O)O. The van der Waals surface area contributed by atoms with Gasteiger partial charge in [-0.05, 0) is 25.7 Å². The fraction of sp³-hybridized carbons (Fsp3) is 0.769. The molecule has 0 saturated heterocycles. The zero-order valence-corrected chi connectivity index (χ0v) is 10.9. The number of nitrogens with zero attached hydrogens (tertiary/aromatic N) is 2. The van der Waals surface area contributed by atoms with E-state index in [0.29, 0.717) is 32.4 Å². The van der Waals surface area contributed by atoms with E-state index < -0.39 is 17.8 Å². The molecule has 0 bridgehead atoms. The van der Waals surface area contributed by atoms with Crippen molar-refractivity contribution < 1.29 is 14.7 Å². The Kier molecular flexibility index (Phi) is 5.14. The number of hydrogen-bond acceptors (Lipinski definition) is 3. The maximum absolute atomic E-state index is 12.3. The van der Waals surface area contributed by atoms with E-state index in [1.54, 1.807) is 4.90 Å². The smallest absolute Gasteiger partial charge is 0.307 e. The van der Waals surface area contributed by atoms with Crippen LogP contribution in [0.25, 0.3) is 0 Å². The lowest BCUT2D eigenvalue weighted by Crippen LogP contribution is -2.39. The molecule has 3 atom stereocenters. The standard InChI is InChI=1S/C13H20N2O3/c1-3-15(6-4-5-14)12(16)10-7-9(2)8-11(10)13(17)18/h9-11H,3-4,6-8H2,1-2H3,(H,17,18). The van der Waals surface area contributed by atoms with Crippen LogP contribution in [0.5, 0.6) is 0 Å². The van der Waals surface area contributed by atoms with Gasteiger partial charge in [-0.25, -0.2) is 0 Å². The maximum Gasteiger partial charge on any atom is 0.307 e. The monoisotopic (exact) mass is 252 g/mol. The minimum Gasteiger partial charge on any atom is -0.481 e. The Morgan fingerprint density at radius 1 is 1.39 bits per heavy atom. The van der Waals surface area contributed by atoms with Crippen molar-refractivity contribution >= 4 is 11.9 Å². The van der Waals surface area contributed by atoms with Crippen LogP contribution in [0.2, 0.25) is 0 Å². The first-order valence-corrected chi connectivity index (χ1v) is 6.39. The van der Waals surface area contributed by atoms with Gasteiger partial charge in [0.2, 0.25) is 5.91 Å². The Morgan fingerprint density at radius 3 is 2.50 bits per heavy atom. The van der Waals surface area contributed by atoms with Crippen molar-refractivity contribution in [2.45, 2.75) is 33.1 Å². The number of hydrogen-bond donors (Lipinski definition) is 1. The topological polar surface area (TPSA) is 81.4 Å². The van der Waals surface area contributed by atoms with Crippen molar-refractivity contribution in [1.82, 2.24) is 4.90 Å². The Bertz CT molecular complexity index is 362. The largest absolute Gasteiger partial charge is 0.481 e. The molecule has 0 heterocycles.